The lowest BCUT2D eigenvalue weighted by molar-refractivity contribution is 0.0147. The Balaban J connectivity index is 2.86. The number of hydrogen-bond acceptors (Lipinski definition) is 5. The summed E-state index contributed by atoms with van der Waals surface area (Å²) in [6.07, 6.45) is -0.704. The fourth-order valence-corrected chi connectivity index (χ4v) is 1.21. The third-order valence-corrected chi connectivity index (χ3v) is 2.07. The van der Waals surface area contributed by atoms with Crippen molar-refractivity contribution in [3.05, 3.63) is 28.2 Å². The second kappa shape index (κ2) is 4.92. The van der Waals surface area contributed by atoms with Crippen molar-refractivity contribution >= 4 is 0 Å². The molecule has 2 atom stereocenters. The minimum absolute atomic E-state index is 0.237. The van der Waals surface area contributed by atoms with E-state index in [0.29, 0.717) is 0 Å². The Hall–Kier alpha value is -1.37. The van der Waals surface area contributed by atoms with E-state index in [1.165, 1.54) is 6.20 Å². The van der Waals surface area contributed by atoms with Crippen molar-refractivity contribution in [2.75, 3.05) is 6.54 Å². The summed E-state index contributed by atoms with van der Waals surface area (Å²) in [6, 6.07) is 1.11. The monoisotopic (exact) mass is 214 g/mol. The van der Waals surface area contributed by atoms with Gasteiger partial charge < -0.3 is 26.0 Å². The summed E-state index contributed by atoms with van der Waals surface area (Å²) >= 11 is 0. The quantitative estimate of drug-likeness (QED) is 0.432. The van der Waals surface area contributed by atoms with Gasteiger partial charge in [-0.25, -0.2) is 0 Å². The number of hydrogen-bond donors (Lipinski definition) is 5. The number of aliphatic hydroxyl groups is 2. The summed E-state index contributed by atoms with van der Waals surface area (Å²) in [7, 11) is 0. The SMILES string of the molecule is NCCC(O)C(O)c1c[nH]c(=O)c(O)c1. The number of nitrogens with one attached hydrogen (secondary N) is 1. The molecule has 0 fully saturated rings. The van der Waals surface area contributed by atoms with Gasteiger partial charge in [0, 0.05) is 11.8 Å². The number of aromatic amines is 1. The Kier molecular flexibility index (Phi) is 3.84. The zero-order valence-electron chi connectivity index (χ0n) is 8.05. The fourth-order valence-electron chi connectivity index (χ4n) is 1.21. The molecule has 0 aliphatic carbocycles. The summed E-state index contributed by atoms with van der Waals surface area (Å²) in [4.78, 5) is 13.1. The van der Waals surface area contributed by atoms with Crippen molar-refractivity contribution in [3.63, 3.8) is 0 Å². The van der Waals surface area contributed by atoms with E-state index >= 15 is 0 Å². The van der Waals surface area contributed by atoms with Crippen LogP contribution in [0.25, 0.3) is 0 Å². The van der Waals surface area contributed by atoms with Crippen molar-refractivity contribution in [2.24, 2.45) is 5.73 Å². The highest BCUT2D eigenvalue weighted by Gasteiger charge is 2.18. The maximum Gasteiger partial charge on any atom is 0.290 e. The molecule has 0 amide bonds. The maximum absolute atomic E-state index is 10.8. The first-order chi connectivity index (χ1) is 7.06. The summed E-state index contributed by atoms with van der Waals surface area (Å²) in [5.74, 6) is -0.494. The molecule has 1 aromatic heterocycles. The van der Waals surface area contributed by atoms with Crippen LogP contribution in [0.5, 0.6) is 5.75 Å². The molecule has 1 rings (SSSR count). The number of aromatic nitrogens is 1. The number of aromatic hydroxyl groups is 1. The number of H-pyrrole nitrogens is 1. The summed E-state index contributed by atoms with van der Waals surface area (Å²) in [5.41, 5.74) is 4.83. The first-order valence-corrected chi connectivity index (χ1v) is 4.54. The van der Waals surface area contributed by atoms with Gasteiger partial charge in [-0.05, 0) is 19.0 Å². The molecule has 0 radical (unpaired) electrons. The summed E-state index contributed by atoms with van der Waals surface area (Å²) in [6.45, 7) is 0.244. The zero-order chi connectivity index (χ0) is 11.4. The van der Waals surface area contributed by atoms with Gasteiger partial charge in [-0.15, -0.1) is 0 Å². The molecule has 6 nitrogen and oxygen atoms in total. The van der Waals surface area contributed by atoms with Gasteiger partial charge in [0.05, 0.1) is 6.10 Å². The Morgan fingerprint density at radius 1 is 1.47 bits per heavy atom. The summed E-state index contributed by atoms with van der Waals surface area (Å²) in [5, 5.41) is 28.1. The van der Waals surface area contributed by atoms with E-state index in [0.717, 1.165) is 6.07 Å². The van der Waals surface area contributed by atoms with Crippen LogP contribution < -0.4 is 11.3 Å². The highest BCUT2D eigenvalue weighted by atomic mass is 16.3. The van der Waals surface area contributed by atoms with Crippen LogP contribution in [0.2, 0.25) is 0 Å². The molecule has 6 N–H and O–H groups in total. The van der Waals surface area contributed by atoms with Crippen LogP contribution in [-0.4, -0.2) is 33.0 Å². The molecule has 1 heterocycles. The Morgan fingerprint density at radius 3 is 2.67 bits per heavy atom. The third-order valence-electron chi connectivity index (χ3n) is 2.07. The standard InChI is InChI=1S/C9H14N2O4/c10-2-1-6(12)8(14)5-3-7(13)9(15)11-4-5/h3-4,6,8,12-14H,1-2,10H2,(H,11,15). The first-order valence-electron chi connectivity index (χ1n) is 4.54. The number of aliphatic hydroxyl groups excluding tert-OH is 2. The molecule has 0 bridgehead atoms. The van der Waals surface area contributed by atoms with Crippen LogP contribution in [0.15, 0.2) is 17.1 Å². The molecule has 84 valence electrons. The molecule has 0 spiro atoms. The number of rotatable bonds is 4. The molecular formula is C9H14N2O4. The summed E-state index contributed by atoms with van der Waals surface area (Å²) < 4.78 is 0. The van der Waals surface area contributed by atoms with Crippen LogP contribution in [0, 0.1) is 0 Å². The third kappa shape index (κ3) is 2.79. The average molecular weight is 214 g/mol. The lowest BCUT2D eigenvalue weighted by Crippen LogP contribution is -2.22. The number of nitrogens with two attached hydrogens (primary N) is 1. The Bertz CT molecular complexity index is 377. The normalized spacial score (nSPS) is 14.9. The first kappa shape index (κ1) is 11.7. The average Bonchev–Trinajstić information content (AvgIpc) is 2.21. The van der Waals surface area contributed by atoms with E-state index in [1.807, 2.05) is 0 Å². The largest absolute Gasteiger partial charge is 0.503 e. The van der Waals surface area contributed by atoms with Gasteiger partial charge >= 0.3 is 0 Å². The lowest BCUT2D eigenvalue weighted by atomic mass is 10.0. The van der Waals surface area contributed by atoms with Gasteiger partial charge in [0.15, 0.2) is 5.75 Å². The maximum atomic E-state index is 10.8. The van der Waals surface area contributed by atoms with Gasteiger partial charge in [0.1, 0.15) is 6.10 Å². The van der Waals surface area contributed by atoms with Crippen LogP contribution >= 0.6 is 0 Å². The molecule has 6 heteroatoms. The van der Waals surface area contributed by atoms with Gasteiger partial charge in [-0.1, -0.05) is 0 Å². The van der Waals surface area contributed by atoms with Gasteiger partial charge in [-0.3, -0.25) is 4.79 Å². The predicted molar refractivity (Wildman–Crippen MR) is 53.4 cm³/mol. The van der Waals surface area contributed by atoms with E-state index in [-0.39, 0.29) is 18.5 Å². The molecule has 0 saturated carbocycles. The second-order valence-electron chi connectivity index (χ2n) is 3.24. The zero-order valence-corrected chi connectivity index (χ0v) is 8.05. The van der Waals surface area contributed by atoms with Gasteiger partial charge in [0.2, 0.25) is 0 Å². The van der Waals surface area contributed by atoms with E-state index in [4.69, 9.17) is 10.8 Å². The van der Waals surface area contributed by atoms with E-state index in [1.54, 1.807) is 0 Å². The predicted octanol–water partition coefficient (Wildman–Crippen LogP) is -1.18. The molecule has 2 unspecified atom stereocenters. The molecule has 0 aliphatic rings. The Labute approximate surface area is 86.0 Å². The molecule has 0 aromatic carbocycles. The highest BCUT2D eigenvalue weighted by molar-refractivity contribution is 5.24. The van der Waals surface area contributed by atoms with Crippen LogP contribution in [-0.2, 0) is 0 Å². The molecule has 15 heavy (non-hydrogen) atoms. The highest BCUT2D eigenvalue weighted by Crippen LogP contribution is 2.19. The lowest BCUT2D eigenvalue weighted by Gasteiger charge is -2.17. The van der Waals surface area contributed by atoms with Crippen LogP contribution in [0.1, 0.15) is 18.1 Å². The van der Waals surface area contributed by atoms with Crippen molar-refractivity contribution < 1.29 is 15.3 Å². The van der Waals surface area contributed by atoms with Crippen LogP contribution in [0.3, 0.4) is 0 Å². The van der Waals surface area contributed by atoms with Crippen LogP contribution in [0.4, 0.5) is 0 Å². The molecule has 1 aromatic rings. The van der Waals surface area contributed by atoms with E-state index < -0.39 is 23.5 Å². The number of pyridine rings is 1. The van der Waals surface area contributed by atoms with E-state index in [2.05, 4.69) is 4.98 Å². The van der Waals surface area contributed by atoms with E-state index in [9.17, 15) is 15.0 Å². The second-order valence-corrected chi connectivity index (χ2v) is 3.24. The van der Waals surface area contributed by atoms with Crippen molar-refractivity contribution in [3.8, 4) is 5.75 Å². The molecule has 0 saturated heterocycles. The minimum Gasteiger partial charge on any atom is -0.503 e. The molecular weight excluding hydrogens is 200 g/mol. The minimum atomic E-state index is -1.17. The van der Waals surface area contributed by atoms with Gasteiger partial charge in [-0.2, -0.15) is 0 Å². The van der Waals surface area contributed by atoms with Crippen molar-refractivity contribution in [1.82, 2.24) is 4.98 Å². The topological polar surface area (TPSA) is 120 Å². The van der Waals surface area contributed by atoms with Gasteiger partial charge in [0.25, 0.3) is 5.56 Å². The smallest absolute Gasteiger partial charge is 0.290 e. The fraction of sp³-hybridized carbons (Fsp3) is 0.444. The molecule has 0 aliphatic heterocycles. The Morgan fingerprint density at radius 2 is 2.13 bits per heavy atom. The van der Waals surface area contributed by atoms with Crippen molar-refractivity contribution in [1.29, 1.82) is 0 Å². The van der Waals surface area contributed by atoms with Crippen molar-refractivity contribution in [2.45, 2.75) is 18.6 Å².